The van der Waals surface area contributed by atoms with E-state index < -0.39 is 5.41 Å². The molecule has 1 aliphatic heterocycles. The number of hydrogen-bond acceptors (Lipinski definition) is 2. The summed E-state index contributed by atoms with van der Waals surface area (Å²) >= 11 is 0. The minimum atomic E-state index is -0.626. The van der Waals surface area contributed by atoms with E-state index in [0.717, 1.165) is 77.9 Å². The van der Waals surface area contributed by atoms with Gasteiger partial charge in [-0.25, -0.2) is 0 Å². The van der Waals surface area contributed by atoms with Crippen LogP contribution in [-0.2, 0) is 5.41 Å². The highest BCUT2D eigenvalue weighted by molar-refractivity contribution is 6.00. The van der Waals surface area contributed by atoms with E-state index in [1.54, 1.807) is 0 Å². The van der Waals surface area contributed by atoms with Crippen LogP contribution in [0.15, 0.2) is 273 Å². The molecular weight excluding hydrogens is 859 g/mol. The second kappa shape index (κ2) is 16.5. The monoisotopic (exact) mass is 903 g/mol. The zero-order valence-corrected chi connectivity index (χ0v) is 38.8. The average Bonchev–Trinajstić information content (AvgIpc) is 3.74. The van der Waals surface area contributed by atoms with Crippen molar-refractivity contribution in [2.24, 2.45) is 0 Å². The van der Waals surface area contributed by atoms with Crippen molar-refractivity contribution in [2.45, 2.75) is 5.41 Å². The number of fused-ring (bicyclic) bond motifs is 13. The van der Waals surface area contributed by atoms with Crippen LogP contribution in [0.4, 0.5) is 17.1 Å². The van der Waals surface area contributed by atoms with Gasteiger partial charge in [-0.2, -0.15) is 0 Å². The first-order valence-electron chi connectivity index (χ1n) is 24.5. The molecule has 0 saturated heterocycles. The lowest BCUT2D eigenvalue weighted by atomic mass is 9.65. The minimum Gasteiger partial charge on any atom is -0.455 e. The molecule has 14 rings (SSSR count). The van der Waals surface area contributed by atoms with Crippen LogP contribution in [0.2, 0.25) is 0 Å². The summed E-state index contributed by atoms with van der Waals surface area (Å²) in [5.41, 5.74) is 19.3. The molecule has 0 saturated carbocycles. The molecule has 2 nitrogen and oxygen atoms in total. The molecule has 1 heterocycles. The molecule has 1 spiro atoms. The summed E-state index contributed by atoms with van der Waals surface area (Å²) in [7, 11) is 0. The average molecular weight is 904 g/mol. The first-order valence-corrected chi connectivity index (χ1v) is 24.5. The van der Waals surface area contributed by atoms with Gasteiger partial charge in [0.05, 0.1) is 11.1 Å². The van der Waals surface area contributed by atoms with Crippen LogP contribution in [0.3, 0.4) is 0 Å². The van der Waals surface area contributed by atoms with Gasteiger partial charge in [-0.05, 0) is 114 Å². The van der Waals surface area contributed by atoms with Crippen LogP contribution in [0.1, 0.15) is 22.3 Å². The van der Waals surface area contributed by atoms with E-state index in [9.17, 15) is 0 Å². The van der Waals surface area contributed by atoms with Crippen molar-refractivity contribution in [2.75, 3.05) is 4.90 Å². The van der Waals surface area contributed by atoms with Gasteiger partial charge in [-0.15, -0.1) is 0 Å². The van der Waals surface area contributed by atoms with Crippen molar-refractivity contribution in [1.29, 1.82) is 0 Å². The lowest BCUT2D eigenvalue weighted by Gasteiger charge is -2.40. The van der Waals surface area contributed by atoms with Crippen LogP contribution in [0.25, 0.3) is 77.2 Å². The van der Waals surface area contributed by atoms with Gasteiger partial charge in [-0.3, -0.25) is 0 Å². The van der Waals surface area contributed by atoms with Crippen molar-refractivity contribution >= 4 is 38.6 Å². The third-order valence-corrected chi connectivity index (χ3v) is 14.9. The second-order valence-electron chi connectivity index (χ2n) is 18.7. The second-order valence-corrected chi connectivity index (χ2v) is 18.7. The molecule has 0 N–H and O–H groups in total. The van der Waals surface area contributed by atoms with Gasteiger partial charge in [0, 0.05) is 38.8 Å². The van der Waals surface area contributed by atoms with Gasteiger partial charge in [0.25, 0.3) is 0 Å². The lowest BCUT2D eigenvalue weighted by Crippen LogP contribution is -2.32. The van der Waals surface area contributed by atoms with Gasteiger partial charge < -0.3 is 9.64 Å². The van der Waals surface area contributed by atoms with E-state index in [1.807, 2.05) is 0 Å². The molecule has 1 aliphatic carbocycles. The third kappa shape index (κ3) is 6.49. The standard InChI is InChI=1S/C69H45NO/c1-4-17-46(18-5-1)52-25-16-26-56(43-52)70(66-42-36-53(47-19-6-2-7-20-47)44-61(66)49-21-8-3-9-22-49)55-37-31-48(32-38-55)54-33-39-60-59-29-14-15-30-62(59)69(65(60)45-54)63-40-34-50-23-10-12-27-57(50)67(63)71-68-58-28-13-11-24-51(58)35-41-64(68)69/h1-45H. The number of benzene rings is 12. The Morgan fingerprint density at radius 3 is 1.42 bits per heavy atom. The molecule has 0 fully saturated rings. The summed E-state index contributed by atoms with van der Waals surface area (Å²) < 4.78 is 7.24. The molecular formula is C69H45NO. The van der Waals surface area contributed by atoms with Crippen molar-refractivity contribution in [3.05, 3.63) is 295 Å². The normalized spacial score (nSPS) is 12.7. The smallest absolute Gasteiger partial charge is 0.140 e. The van der Waals surface area contributed by atoms with Gasteiger partial charge in [-0.1, -0.05) is 231 Å². The molecule has 0 bridgehead atoms. The number of rotatable bonds is 7. The minimum absolute atomic E-state index is 0.626. The Kier molecular flexibility index (Phi) is 9.47. The summed E-state index contributed by atoms with van der Waals surface area (Å²) in [6.07, 6.45) is 0. The van der Waals surface area contributed by atoms with Crippen LogP contribution in [-0.4, -0.2) is 0 Å². The van der Waals surface area contributed by atoms with E-state index in [1.165, 1.54) is 50.1 Å². The summed E-state index contributed by atoms with van der Waals surface area (Å²) in [6, 6.07) is 99.7. The van der Waals surface area contributed by atoms with E-state index in [-0.39, 0.29) is 0 Å². The Morgan fingerprint density at radius 2 is 0.761 bits per heavy atom. The summed E-state index contributed by atoms with van der Waals surface area (Å²) in [4.78, 5) is 2.42. The molecule has 71 heavy (non-hydrogen) atoms. The highest BCUT2D eigenvalue weighted by Crippen LogP contribution is 2.64. The van der Waals surface area contributed by atoms with Crippen LogP contribution in [0, 0.1) is 0 Å². The SMILES string of the molecule is c1ccc(-c2cccc(N(c3ccc(-c4ccc5c(c4)C4(c6ccccc6-5)c5ccc6ccccc6c5Oc5c4ccc4ccccc54)cc3)c3ccc(-c4ccccc4)cc3-c3ccccc3)c2)cc1. The maximum Gasteiger partial charge on any atom is 0.140 e. The fourth-order valence-corrected chi connectivity index (χ4v) is 11.7. The van der Waals surface area contributed by atoms with E-state index in [0.29, 0.717) is 0 Å². The highest BCUT2D eigenvalue weighted by atomic mass is 16.5. The quantitative estimate of drug-likeness (QED) is 0.158. The van der Waals surface area contributed by atoms with Gasteiger partial charge in [0.15, 0.2) is 0 Å². The maximum absolute atomic E-state index is 7.24. The molecule has 0 aromatic heterocycles. The summed E-state index contributed by atoms with van der Waals surface area (Å²) in [6.45, 7) is 0. The number of hydrogen-bond donors (Lipinski definition) is 0. The Labute approximate surface area is 414 Å². The zero-order valence-electron chi connectivity index (χ0n) is 38.8. The Bertz CT molecular complexity index is 3920. The van der Waals surface area contributed by atoms with Gasteiger partial charge >= 0.3 is 0 Å². The predicted molar refractivity (Wildman–Crippen MR) is 295 cm³/mol. The Morgan fingerprint density at radius 1 is 0.268 bits per heavy atom. The van der Waals surface area contributed by atoms with Crippen LogP contribution in [0.5, 0.6) is 11.5 Å². The summed E-state index contributed by atoms with van der Waals surface area (Å²) in [5, 5.41) is 4.55. The van der Waals surface area contributed by atoms with Crippen molar-refractivity contribution in [3.8, 4) is 67.1 Å². The summed E-state index contributed by atoms with van der Waals surface area (Å²) in [5.74, 6) is 1.85. The molecule has 2 heteroatoms. The zero-order chi connectivity index (χ0) is 46.9. The van der Waals surface area contributed by atoms with E-state index >= 15 is 0 Å². The van der Waals surface area contributed by atoms with Crippen LogP contribution >= 0.6 is 0 Å². The van der Waals surface area contributed by atoms with Crippen LogP contribution < -0.4 is 9.64 Å². The maximum atomic E-state index is 7.24. The van der Waals surface area contributed by atoms with E-state index in [2.05, 4.69) is 278 Å². The van der Waals surface area contributed by atoms with Crippen molar-refractivity contribution < 1.29 is 4.74 Å². The largest absolute Gasteiger partial charge is 0.455 e. The van der Waals surface area contributed by atoms with Gasteiger partial charge in [0.2, 0.25) is 0 Å². The first-order chi connectivity index (χ1) is 35.2. The third-order valence-electron chi connectivity index (χ3n) is 14.9. The molecule has 0 amide bonds. The molecule has 332 valence electrons. The van der Waals surface area contributed by atoms with E-state index in [4.69, 9.17) is 4.74 Å². The number of anilines is 3. The fraction of sp³-hybridized carbons (Fsp3) is 0.0145. The molecule has 2 aliphatic rings. The lowest BCUT2D eigenvalue weighted by molar-refractivity contribution is 0.447. The van der Waals surface area contributed by atoms with Crippen molar-refractivity contribution in [3.63, 3.8) is 0 Å². The molecule has 12 aromatic carbocycles. The number of nitrogens with zero attached hydrogens (tertiary/aromatic N) is 1. The molecule has 0 atom stereocenters. The van der Waals surface area contributed by atoms with Gasteiger partial charge in [0.1, 0.15) is 11.5 Å². The fourth-order valence-electron chi connectivity index (χ4n) is 11.7. The topological polar surface area (TPSA) is 12.5 Å². The number of ether oxygens (including phenoxy) is 1. The Hall–Kier alpha value is -9.24. The highest BCUT2D eigenvalue weighted by Gasteiger charge is 2.52. The Balaban J connectivity index is 0.953. The molecule has 0 radical (unpaired) electrons. The molecule has 12 aromatic rings. The molecule has 0 unspecified atom stereocenters. The first kappa shape index (κ1) is 40.8. The predicted octanol–water partition coefficient (Wildman–Crippen LogP) is 18.6. The van der Waals surface area contributed by atoms with Crippen molar-refractivity contribution in [1.82, 2.24) is 0 Å².